The summed E-state index contributed by atoms with van der Waals surface area (Å²) >= 11 is 0. The molecule has 1 aromatic carbocycles. The van der Waals surface area contributed by atoms with Crippen molar-refractivity contribution in [1.29, 1.82) is 0 Å². The van der Waals surface area contributed by atoms with E-state index in [9.17, 15) is 9.18 Å². The van der Waals surface area contributed by atoms with Gasteiger partial charge < -0.3 is 9.53 Å². The standard InChI is InChI=1S/C10H11FO2/c1-13-10(7-12)6-8-2-4-9(11)5-3-8/h2-5,7,10H,6H2,1H3. The Hall–Kier alpha value is -1.22. The number of halogens is 1. The zero-order valence-corrected chi connectivity index (χ0v) is 7.37. The summed E-state index contributed by atoms with van der Waals surface area (Å²) in [5.41, 5.74) is 0.889. The van der Waals surface area contributed by atoms with Crippen molar-refractivity contribution < 1.29 is 13.9 Å². The predicted molar refractivity (Wildman–Crippen MR) is 47.0 cm³/mol. The van der Waals surface area contributed by atoms with E-state index in [1.807, 2.05) is 0 Å². The molecule has 0 spiro atoms. The minimum atomic E-state index is -0.439. The van der Waals surface area contributed by atoms with Gasteiger partial charge in [-0.1, -0.05) is 12.1 Å². The number of carbonyl (C=O) groups is 1. The summed E-state index contributed by atoms with van der Waals surface area (Å²) in [7, 11) is 1.47. The van der Waals surface area contributed by atoms with Gasteiger partial charge >= 0.3 is 0 Å². The number of hydrogen-bond donors (Lipinski definition) is 0. The third-order valence-electron chi connectivity index (χ3n) is 1.80. The third kappa shape index (κ3) is 2.95. The summed E-state index contributed by atoms with van der Waals surface area (Å²) in [4.78, 5) is 10.4. The quantitative estimate of drug-likeness (QED) is 0.661. The summed E-state index contributed by atoms with van der Waals surface area (Å²) in [6.45, 7) is 0. The molecule has 0 aliphatic rings. The van der Waals surface area contributed by atoms with Crippen LogP contribution < -0.4 is 0 Å². The van der Waals surface area contributed by atoms with Gasteiger partial charge in [0.15, 0.2) is 0 Å². The van der Waals surface area contributed by atoms with Gasteiger partial charge in [0.25, 0.3) is 0 Å². The zero-order chi connectivity index (χ0) is 9.68. The molecule has 0 radical (unpaired) electrons. The lowest BCUT2D eigenvalue weighted by molar-refractivity contribution is -0.116. The highest BCUT2D eigenvalue weighted by Gasteiger charge is 2.05. The monoisotopic (exact) mass is 182 g/mol. The maximum absolute atomic E-state index is 12.5. The molecular weight excluding hydrogens is 171 g/mol. The molecule has 13 heavy (non-hydrogen) atoms. The van der Waals surface area contributed by atoms with Crippen LogP contribution in [0.5, 0.6) is 0 Å². The Morgan fingerprint density at radius 1 is 1.46 bits per heavy atom. The Kier molecular flexibility index (Phi) is 3.58. The molecule has 3 heteroatoms. The third-order valence-corrected chi connectivity index (χ3v) is 1.80. The molecule has 1 atom stereocenters. The van der Waals surface area contributed by atoms with Crippen LogP contribution in [0.3, 0.4) is 0 Å². The Bertz CT molecular complexity index is 269. The van der Waals surface area contributed by atoms with E-state index in [0.717, 1.165) is 11.8 Å². The van der Waals surface area contributed by atoms with Gasteiger partial charge in [0.1, 0.15) is 18.2 Å². The molecule has 0 heterocycles. The second kappa shape index (κ2) is 4.72. The minimum Gasteiger partial charge on any atom is -0.374 e. The summed E-state index contributed by atoms with van der Waals surface area (Å²) in [5, 5.41) is 0. The molecular formula is C10H11FO2. The number of carbonyl (C=O) groups excluding carboxylic acids is 1. The second-order valence-corrected chi connectivity index (χ2v) is 2.74. The van der Waals surface area contributed by atoms with Crippen molar-refractivity contribution in [3.63, 3.8) is 0 Å². The van der Waals surface area contributed by atoms with Crippen molar-refractivity contribution in [2.45, 2.75) is 12.5 Å². The van der Waals surface area contributed by atoms with E-state index in [0.29, 0.717) is 6.42 Å². The van der Waals surface area contributed by atoms with Gasteiger partial charge in [-0.05, 0) is 17.7 Å². The first-order valence-corrected chi connectivity index (χ1v) is 3.99. The van der Waals surface area contributed by atoms with Crippen LogP contribution in [0.4, 0.5) is 4.39 Å². The van der Waals surface area contributed by atoms with E-state index >= 15 is 0 Å². The lowest BCUT2D eigenvalue weighted by atomic mass is 10.1. The van der Waals surface area contributed by atoms with E-state index in [4.69, 9.17) is 4.74 Å². The van der Waals surface area contributed by atoms with Gasteiger partial charge in [0.2, 0.25) is 0 Å². The zero-order valence-electron chi connectivity index (χ0n) is 7.37. The maximum atomic E-state index is 12.5. The molecule has 0 aliphatic heterocycles. The van der Waals surface area contributed by atoms with Crippen molar-refractivity contribution in [2.75, 3.05) is 7.11 Å². The molecule has 1 aromatic rings. The van der Waals surface area contributed by atoms with E-state index < -0.39 is 6.10 Å². The van der Waals surface area contributed by atoms with Gasteiger partial charge in [-0.3, -0.25) is 0 Å². The van der Waals surface area contributed by atoms with Crippen molar-refractivity contribution in [3.8, 4) is 0 Å². The first kappa shape index (κ1) is 9.86. The van der Waals surface area contributed by atoms with Crippen LogP contribution in [0.15, 0.2) is 24.3 Å². The fourth-order valence-electron chi connectivity index (χ4n) is 1.04. The largest absolute Gasteiger partial charge is 0.374 e. The van der Waals surface area contributed by atoms with E-state index in [1.165, 1.54) is 19.2 Å². The van der Waals surface area contributed by atoms with Gasteiger partial charge in [-0.2, -0.15) is 0 Å². The van der Waals surface area contributed by atoms with E-state index in [1.54, 1.807) is 12.1 Å². The Morgan fingerprint density at radius 2 is 2.08 bits per heavy atom. The average molecular weight is 182 g/mol. The normalized spacial score (nSPS) is 12.5. The molecule has 1 unspecified atom stereocenters. The molecule has 1 rings (SSSR count). The SMILES string of the molecule is COC(C=O)Cc1ccc(F)cc1. The number of hydrogen-bond acceptors (Lipinski definition) is 2. The Morgan fingerprint density at radius 3 is 2.54 bits per heavy atom. The molecule has 0 saturated carbocycles. The minimum absolute atomic E-state index is 0.274. The van der Waals surface area contributed by atoms with Crippen LogP contribution in [0.2, 0.25) is 0 Å². The van der Waals surface area contributed by atoms with Gasteiger partial charge in [-0.25, -0.2) is 4.39 Å². The maximum Gasteiger partial charge on any atom is 0.149 e. The number of ether oxygens (including phenoxy) is 1. The molecule has 70 valence electrons. The number of benzene rings is 1. The van der Waals surface area contributed by atoms with Crippen LogP contribution in [-0.2, 0) is 16.0 Å². The van der Waals surface area contributed by atoms with E-state index in [2.05, 4.69) is 0 Å². The first-order valence-electron chi connectivity index (χ1n) is 3.99. The van der Waals surface area contributed by atoms with Crippen LogP contribution in [-0.4, -0.2) is 19.5 Å². The molecule has 0 amide bonds. The van der Waals surface area contributed by atoms with Gasteiger partial charge in [0.05, 0.1) is 0 Å². The molecule has 0 fully saturated rings. The molecule has 0 N–H and O–H groups in total. The highest BCUT2D eigenvalue weighted by molar-refractivity contribution is 5.56. The van der Waals surface area contributed by atoms with Crippen LogP contribution in [0, 0.1) is 5.82 Å². The second-order valence-electron chi connectivity index (χ2n) is 2.74. The lowest BCUT2D eigenvalue weighted by Crippen LogP contribution is -2.15. The number of rotatable bonds is 4. The Balaban J connectivity index is 2.63. The highest BCUT2D eigenvalue weighted by Crippen LogP contribution is 2.06. The average Bonchev–Trinajstić information content (AvgIpc) is 2.17. The fraction of sp³-hybridized carbons (Fsp3) is 0.300. The van der Waals surface area contributed by atoms with Crippen LogP contribution >= 0.6 is 0 Å². The van der Waals surface area contributed by atoms with Crippen molar-refractivity contribution in [2.24, 2.45) is 0 Å². The molecule has 0 aromatic heterocycles. The number of methoxy groups -OCH3 is 1. The molecule has 2 nitrogen and oxygen atoms in total. The van der Waals surface area contributed by atoms with Crippen LogP contribution in [0.1, 0.15) is 5.56 Å². The van der Waals surface area contributed by atoms with Gasteiger partial charge in [0, 0.05) is 13.5 Å². The summed E-state index contributed by atoms with van der Waals surface area (Å²) in [5.74, 6) is -0.274. The van der Waals surface area contributed by atoms with Crippen molar-refractivity contribution in [3.05, 3.63) is 35.6 Å². The summed E-state index contributed by atoms with van der Waals surface area (Å²) in [6, 6.07) is 6.02. The highest BCUT2D eigenvalue weighted by atomic mass is 19.1. The summed E-state index contributed by atoms with van der Waals surface area (Å²) < 4.78 is 17.4. The van der Waals surface area contributed by atoms with E-state index in [-0.39, 0.29) is 5.82 Å². The summed E-state index contributed by atoms with van der Waals surface area (Å²) in [6.07, 6.45) is 0.786. The van der Waals surface area contributed by atoms with Crippen LogP contribution in [0.25, 0.3) is 0 Å². The molecule has 0 saturated heterocycles. The smallest absolute Gasteiger partial charge is 0.149 e. The number of aldehydes is 1. The molecule has 0 aliphatic carbocycles. The van der Waals surface area contributed by atoms with Gasteiger partial charge in [-0.15, -0.1) is 0 Å². The molecule has 0 bridgehead atoms. The first-order chi connectivity index (χ1) is 6.26. The topological polar surface area (TPSA) is 26.3 Å². The van der Waals surface area contributed by atoms with Crippen molar-refractivity contribution in [1.82, 2.24) is 0 Å². The fourth-order valence-corrected chi connectivity index (χ4v) is 1.04. The lowest BCUT2D eigenvalue weighted by Gasteiger charge is -2.07. The Labute approximate surface area is 76.3 Å². The predicted octanol–water partition coefficient (Wildman–Crippen LogP) is 1.58. The van der Waals surface area contributed by atoms with Crippen molar-refractivity contribution >= 4 is 6.29 Å².